The second-order valence-electron chi connectivity index (χ2n) is 11.3. The molecule has 0 atom stereocenters. The van der Waals surface area contributed by atoms with E-state index < -0.39 is 0 Å². The Bertz CT molecular complexity index is 1520. The van der Waals surface area contributed by atoms with Gasteiger partial charge in [0.05, 0.1) is 0 Å². The molecule has 11 heteroatoms. The number of piperazine rings is 2. The number of nitrogens with one attached hydrogen (secondary N) is 2. The maximum Gasteiger partial charge on any atom is 0.232 e. The number of fused-ring (bicyclic) bond motifs is 1. The van der Waals surface area contributed by atoms with Crippen LogP contribution in [0.25, 0.3) is 0 Å². The Morgan fingerprint density at radius 2 is 1.13 bits per heavy atom. The normalized spacial score (nSPS) is 16.4. The van der Waals surface area contributed by atoms with Gasteiger partial charge in [-0.1, -0.05) is 42.5 Å². The predicted molar refractivity (Wildman–Crippen MR) is 184 cm³/mol. The lowest BCUT2D eigenvalue weighted by molar-refractivity contribution is 0.171. The largest absolute Gasteiger partial charge is 0.486 e. The Kier molecular flexibility index (Phi) is 8.67. The molecule has 0 radical (unpaired) electrons. The van der Waals surface area contributed by atoms with Crippen molar-refractivity contribution in [1.82, 2.24) is 15.3 Å². The molecular weight excluding hydrogens is 584 g/mol. The summed E-state index contributed by atoms with van der Waals surface area (Å²) in [5.41, 5.74) is 3.56. The van der Waals surface area contributed by atoms with E-state index in [9.17, 15) is 0 Å². The SMILES string of the molecule is S=C(NCc1ccc2c(c1)OCCO2)Nc1nc(N2CCN(c3ccccc3)CC2)cc(N2CCN(c3ccccc3)CC2)n1. The third-order valence-corrected chi connectivity index (χ3v) is 8.68. The fourth-order valence-corrected chi connectivity index (χ4v) is 6.16. The highest BCUT2D eigenvalue weighted by Crippen LogP contribution is 2.31. The Labute approximate surface area is 269 Å². The zero-order valence-electron chi connectivity index (χ0n) is 25.3. The summed E-state index contributed by atoms with van der Waals surface area (Å²) in [5.74, 6) is 3.86. The van der Waals surface area contributed by atoms with Gasteiger partial charge in [0, 0.05) is 76.3 Å². The van der Waals surface area contributed by atoms with Crippen LogP contribution in [0.2, 0.25) is 0 Å². The predicted octanol–water partition coefficient (Wildman–Crippen LogP) is 4.39. The molecule has 4 heterocycles. The van der Waals surface area contributed by atoms with E-state index >= 15 is 0 Å². The molecule has 3 aliphatic rings. The molecule has 10 nitrogen and oxygen atoms in total. The van der Waals surface area contributed by atoms with Gasteiger partial charge in [0.1, 0.15) is 24.8 Å². The van der Waals surface area contributed by atoms with Crippen LogP contribution in [0.3, 0.4) is 0 Å². The zero-order chi connectivity index (χ0) is 30.4. The lowest BCUT2D eigenvalue weighted by Crippen LogP contribution is -2.48. The number of nitrogens with zero attached hydrogens (tertiary/aromatic N) is 6. The topological polar surface area (TPSA) is 81.3 Å². The van der Waals surface area contributed by atoms with Crippen molar-refractivity contribution in [2.45, 2.75) is 6.54 Å². The van der Waals surface area contributed by atoms with Gasteiger partial charge in [-0.25, -0.2) is 0 Å². The Morgan fingerprint density at radius 1 is 0.622 bits per heavy atom. The molecule has 2 fully saturated rings. The lowest BCUT2D eigenvalue weighted by atomic mass is 10.2. The minimum atomic E-state index is 0.468. The fraction of sp³-hybridized carbons (Fsp3) is 0.324. The standard InChI is InChI=1S/C34H38N8O2S/c45-34(35-25-26-11-12-29-30(23-26)44-22-21-43-29)38-33-36-31(41-17-13-39(14-18-41)27-7-3-1-4-8-27)24-32(37-33)42-19-15-40(16-20-42)28-9-5-2-6-10-28/h1-12,23-24H,13-22,25H2,(H2,35,36,37,38,45). The number of hydrogen-bond donors (Lipinski definition) is 2. The first kappa shape index (κ1) is 29.0. The van der Waals surface area contributed by atoms with Gasteiger partial charge >= 0.3 is 0 Å². The van der Waals surface area contributed by atoms with Crippen LogP contribution in [-0.2, 0) is 6.54 Å². The molecule has 2 N–H and O–H groups in total. The van der Waals surface area contributed by atoms with Crippen molar-refractivity contribution in [1.29, 1.82) is 0 Å². The molecule has 0 amide bonds. The molecule has 0 unspecified atom stereocenters. The number of aromatic nitrogens is 2. The fourth-order valence-electron chi connectivity index (χ4n) is 5.99. The monoisotopic (exact) mass is 622 g/mol. The van der Waals surface area contributed by atoms with Crippen molar-refractivity contribution >= 4 is 46.3 Å². The average molecular weight is 623 g/mol. The van der Waals surface area contributed by atoms with Crippen LogP contribution >= 0.6 is 12.2 Å². The van der Waals surface area contributed by atoms with Gasteiger partial charge < -0.3 is 39.7 Å². The van der Waals surface area contributed by atoms with Gasteiger partial charge in [0.25, 0.3) is 0 Å². The summed E-state index contributed by atoms with van der Waals surface area (Å²) in [5, 5.41) is 7.04. The molecule has 7 rings (SSSR count). The smallest absolute Gasteiger partial charge is 0.232 e. The van der Waals surface area contributed by atoms with Crippen LogP contribution in [0.15, 0.2) is 84.9 Å². The first-order chi connectivity index (χ1) is 22.2. The molecule has 0 saturated carbocycles. The second-order valence-corrected chi connectivity index (χ2v) is 11.7. The number of anilines is 5. The van der Waals surface area contributed by atoms with Crippen LogP contribution in [0.4, 0.5) is 29.0 Å². The average Bonchev–Trinajstić information content (AvgIpc) is 3.11. The van der Waals surface area contributed by atoms with Crippen LogP contribution in [-0.4, -0.2) is 80.7 Å². The van der Waals surface area contributed by atoms with Gasteiger partial charge in [-0.3, -0.25) is 0 Å². The van der Waals surface area contributed by atoms with Crippen LogP contribution < -0.4 is 39.7 Å². The van der Waals surface area contributed by atoms with E-state index in [1.807, 2.05) is 18.2 Å². The minimum absolute atomic E-state index is 0.468. The molecule has 4 aromatic rings. The third kappa shape index (κ3) is 6.99. The molecular formula is C34H38N8O2S. The summed E-state index contributed by atoms with van der Waals surface area (Å²) >= 11 is 5.70. The molecule has 1 aromatic heterocycles. The zero-order valence-corrected chi connectivity index (χ0v) is 26.1. The first-order valence-corrected chi connectivity index (χ1v) is 16.0. The molecule has 3 aromatic carbocycles. The molecule has 0 spiro atoms. The molecule has 232 valence electrons. The van der Waals surface area contributed by atoms with Crippen molar-refractivity contribution in [3.8, 4) is 11.5 Å². The van der Waals surface area contributed by atoms with Gasteiger partial charge in [-0.05, 0) is 54.2 Å². The summed E-state index contributed by atoms with van der Waals surface area (Å²) in [6.07, 6.45) is 0. The first-order valence-electron chi connectivity index (χ1n) is 15.6. The number of para-hydroxylation sites is 2. The molecule has 0 bridgehead atoms. The summed E-state index contributed by atoms with van der Waals surface area (Å²) in [6, 6.07) is 29.3. The van der Waals surface area contributed by atoms with Gasteiger partial charge in [0.15, 0.2) is 16.6 Å². The summed E-state index contributed by atoms with van der Waals surface area (Å²) in [4.78, 5) is 19.5. The maximum absolute atomic E-state index is 5.74. The third-order valence-electron chi connectivity index (χ3n) is 8.43. The van der Waals surface area contributed by atoms with Gasteiger partial charge in [0.2, 0.25) is 5.95 Å². The highest BCUT2D eigenvalue weighted by atomic mass is 32.1. The summed E-state index contributed by atoms with van der Waals surface area (Å²) in [7, 11) is 0. The molecule has 0 aliphatic carbocycles. The molecule has 3 aliphatic heterocycles. The van der Waals surface area contributed by atoms with E-state index in [-0.39, 0.29) is 0 Å². The summed E-state index contributed by atoms with van der Waals surface area (Å²) < 4.78 is 11.4. The van der Waals surface area contributed by atoms with Crippen molar-refractivity contribution < 1.29 is 9.47 Å². The maximum atomic E-state index is 5.74. The van der Waals surface area contributed by atoms with E-state index in [1.54, 1.807) is 0 Å². The van der Waals surface area contributed by atoms with Crippen molar-refractivity contribution in [2.24, 2.45) is 0 Å². The number of rotatable bonds is 7. The van der Waals surface area contributed by atoms with Gasteiger partial charge in [-0.2, -0.15) is 9.97 Å². The summed E-state index contributed by atoms with van der Waals surface area (Å²) in [6.45, 7) is 8.88. The highest BCUT2D eigenvalue weighted by molar-refractivity contribution is 7.80. The number of hydrogen-bond acceptors (Lipinski definition) is 9. The van der Waals surface area contributed by atoms with E-state index in [0.717, 1.165) is 81.1 Å². The molecule has 2 saturated heterocycles. The number of ether oxygens (including phenoxy) is 2. The minimum Gasteiger partial charge on any atom is -0.486 e. The quantitative estimate of drug-likeness (QED) is 0.288. The Balaban J connectivity index is 1.05. The number of benzene rings is 3. The van der Waals surface area contributed by atoms with Gasteiger partial charge in [-0.15, -0.1) is 0 Å². The lowest BCUT2D eigenvalue weighted by Gasteiger charge is -2.38. The second kappa shape index (κ2) is 13.5. The Hall–Kier alpha value is -4.77. The van der Waals surface area contributed by atoms with Crippen molar-refractivity contribution in [2.75, 3.05) is 90.5 Å². The van der Waals surface area contributed by atoms with E-state index in [2.05, 4.69) is 97.0 Å². The highest BCUT2D eigenvalue weighted by Gasteiger charge is 2.24. The van der Waals surface area contributed by atoms with E-state index in [4.69, 9.17) is 31.7 Å². The van der Waals surface area contributed by atoms with Crippen LogP contribution in [0.5, 0.6) is 11.5 Å². The van der Waals surface area contributed by atoms with Crippen molar-refractivity contribution in [3.63, 3.8) is 0 Å². The van der Waals surface area contributed by atoms with Crippen LogP contribution in [0.1, 0.15) is 5.56 Å². The van der Waals surface area contributed by atoms with E-state index in [1.165, 1.54) is 11.4 Å². The van der Waals surface area contributed by atoms with E-state index in [0.29, 0.717) is 30.8 Å². The molecule has 45 heavy (non-hydrogen) atoms. The van der Waals surface area contributed by atoms with Crippen molar-refractivity contribution in [3.05, 3.63) is 90.5 Å². The van der Waals surface area contributed by atoms with Crippen LogP contribution in [0, 0.1) is 0 Å². The number of thiocarbonyl (C=S) groups is 1. The Morgan fingerprint density at radius 3 is 1.69 bits per heavy atom.